The molecule has 3 aliphatic heterocycles. The molecule has 53 heavy (non-hydrogen) atoms. The third-order valence-corrected chi connectivity index (χ3v) is 9.94. The maximum absolute atomic E-state index is 15.9. The molecule has 294 valence electrons. The average molecular weight is 813 g/mol. The molecule has 3 saturated heterocycles. The Bertz CT molecular complexity index is 2050. The normalized spacial score (nSPS) is 33.4. The van der Waals surface area contributed by atoms with Crippen LogP contribution in [0, 0.1) is 5.82 Å². The Morgan fingerprint density at radius 2 is 1.58 bits per heavy atom. The number of nitrogen functional groups attached to an aromatic ring is 1. The van der Waals surface area contributed by atoms with E-state index >= 15 is 4.39 Å². The van der Waals surface area contributed by atoms with Gasteiger partial charge in [-0.05, 0) is 54.1 Å². The smallest absolute Gasteiger partial charge is 0.387 e. The fraction of sp³-hybridized carbons (Fsp3) is 0.593. The molecule has 3 fully saturated rings. The monoisotopic (exact) mass is 812 g/mol. The molecule has 2 unspecified atom stereocenters. The molecular formula is C27H40F2N10O11P2S. The van der Waals surface area contributed by atoms with Crippen LogP contribution < -0.4 is 11.3 Å². The van der Waals surface area contributed by atoms with E-state index in [1.54, 1.807) is 0 Å². The molecule has 0 amide bonds. The molecule has 0 spiro atoms. The molecular weight excluding hydrogens is 772 g/mol. The Morgan fingerprint density at radius 1 is 0.943 bits per heavy atom. The number of nitrogens with two attached hydrogens (primary N) is 1. The quantitative estimate of drug-likeness (QED) is 0.170. The van der Waals surface area contributed by atoms with Gasteiger partial charge in [-0.25, -0.2) is 33.3 Å². The van der Waals surface area contributed by atoms with E-state index < -0.39 is 93.7 Å². The first kappa shape index (κ1) is 41.2. The lowest BCUT2D eigenvalue weighted by Crippen LogP contribution is -2.35. The number of hydrogen-bond acceptors (Lipinski definition) is 17. The van der Waals surface area contributed by atoms with Gasteiger partial charge in [0, 0.05) is 6.20 Å². The summed E-state index contributed by atoms with van der Waals surface area (Å²) >= 11 is 5.15. The summed E-state index contributed by atoms with van der Waals surface area (Å²) in [7, 11) is 6.87. The zero-order valence-corrected chi connectivity index (χ0v) is 31.8. The summed E-state index contributed by atoms with van der Waals surface area (Å²) in [6.45, 7) is -5.95. The van der Waals surface area contributed by atoms with Gasteiger partial charge in [-0.2, -0.15) is 0 Å². The second-order valence-corrected chi connectivity index (χ2v) is 17.0. The molecule has 4 aromatic rings. The lowest BCUT2D eigenvalue weighted by Gasteiger charge is -2.27. The zero-order valence-electron chi connectivity index (χ0n) is 29.2. The number of H-pyrrole nitrogens is 1. The number of aromatic amines is 1. The molecule has 21 nitrogen and oxygen atoms in total. The van der Waals surface area contributed by atoms with Crippen LogP contribution in [0.3, 0.4) is 0 Å². The fourth-order valence-corrected chi connectivity index (χ4v) is 7.74. The van der Waals surface area contributed by atoms with E-state index in [1.807, 2.05) is 52.1 Å². The molecule has 26 heteroatoms. The zero-order chi connectivity index (χ0) is 39.0. The molecule has 7 heterocycles. The van der Waals surface area contributed by atoms with Crippen LogP contribution in [0.5, 0.6) is 0 Å². The van der Waals surface area contributed by atoms with Gasteiger partial charge in [-0.3, -0.25) is 22.9 Å². The molecule has 6 N–H and O–H groups in total. The van der Waals surface area contributed by atoms with E-state index in [4.69, 9.17) is 45.1 Å². The predicted octanol–water partition coefficient (Wildman–Crippen LogP) is 0.270. The summed E-state index contributed by atoms with van der Waals surface area (Å²) in [5.41, 5.74) is 5.02. The number of rotatable bonds is 2. The van der Waals surface area contributed by atoms with Crippen LogP contribution in [0.15, 0.2) is 30.0 Å². The van der Waals surface area contributed by atoms with Crippen LogP contribution in [-0.4, -0.2) is 151 Å². The van der Waals surface area contributed by atoms with Crippen molar-refractivity contribution in [2.45, 2.75) is 49.1 Å². The van der Waals surface area contributed by atoms with Crippen LogP contribution in [0.2, 0.25) is 0 Å². The first-order valence-electron chi connectivity index (χ1n) is 15.6. The van der Waals surface area contributed by atoms with Crippen molar-refractivity contribution in [2.75, 3.05) is 61.2 Å². The van der Waals surface area contributed by atoms with E-state index in [-0.39, 0.29) is 22.6 Å². The minimum absolute atomic E-state index is 0.0104. The van der Waals surface area contributed by atoms with Gasteiger partial charge in [-0.1, -0.05) is 0 Å². The molecule has 2 bridgehead atoms. The third-order valence-electron chi connectivity index (χ3n) is 7.40. The summed E-state index contributed by atoms with van der Waals surface area (Å²) in [4.78, 5) is 55.9. The minimum Gasteiger partial charge on any atom is -0.387 e. The number of phosphoric acid groups is 1. The summed E-state index contributed by atoms with van der Waals surface area (Å²) in [6, 6.07) is 0. The second-order valence-electron chi connectivity index (χ2n) is 12.8. The number of halogens is 2. The Hall–Kier alpha value is -2.93. The van der Waals surface area contributed by atoms with Crippen molar-refractivity contribution in [1.82, 2.24) is 43.9 Å². The van der Waals surface area contributed by atoms with Crippen LogP contribution in [0.4, 0.5) is 14.6 Å². The Labute approximate surface area is 305 Å². The van der Waals surface area contributed by atoms with Crippen LogP contribution in [0.1, 0.15) is 12.5 Å². The number of nitrogens with zero attached hydrogens (tertiary/aromatic N) is 8. The van der Waals surface area contributed by atoms with Gasteiger partial charge in [0.2, 0.25) is 0 Å². The summed E-state index contributed by atoms with van der Waals surface area (Å²) in [5, 5.41) is 10.6. The number of anilines is 1. The maximum Gasteiger partial charge on any atom is 0.472 e. The van der Waals surface area contributed by atoms with Crippen molar-refractivity contribution in [3.63, 3.8) is 0 Å². The molecule has 10 atom stereocenters. The largest absolute Gasteiger partial charge is 0.472 e. The van der Waals surface area contributed by atoms with Crippen LogP contribution >= 0.6 is 14.5 Å². The molecule has 3 aliphatic rings. The number of ether oxygens (including phenoxy) is 2. The van der Waals surface area contributed by atoms with Gasteiger partial charge in [-0.15, -0.1) is 0 Å². The number of nitrogens with one attached hydrogen (secondary N) is 1. The highest BCUT2D eigenvalue weighted by Crippen LogP contribution is 2.54. The first-order chi connectivity index (χ1) is 24.8. The van der Waals surface area contributed by atoms with Gasteiger partial charge in [0.1, 0.15) is 47.8 Å². The summed E-state index contributed by atoms with van der Waals surface area (Å²) in [5.74, 6) is -0.978. The number of imidazole rings is 1. The van der Waals surface area contributed by atoms with Crippen molar-refractivity contribution in [1.29, 1.82) is 0 Å². The van der Waals surface area contributed by atoms with Crippen LogP contribution in [-0.2, 0) is 43.9 Å². The van der Waals surface area contributed by atoms with Gasteiger partial charge >= 0.3 is 14.5 Å². The fourth-order valence-electron chi connectivity index (χ4n) is 5.37. The second kappa shape index (κ2) is 16.4. The van der Waals surface area contributed by atoms with Crippen LogP contribution in [0.25, 0.3) is 22.2 Å². The number of aliphatic hydroxyl groups excluding tert-OH is 1. The lowest BCUT2D eigenvalue weighted by atomic mass is 10.1. The SMILES string of the molecule is CN(C)C.CN(C)C.Nc1ncnc2c1ncn2[C@@H]1O[C@@H]2COP(O)(=S)O[C@@H]3[C@H](O)[C@@H](COP(=O)(O)O[C@H]2[C@H]1F)O[C@H]3n1cc(F)c2c(=O)[nH]cnc21. The molecule has 4 aromatic heterocycles. The average Bonchev–Trinajstić information content (AvgIpc) is 3.79. The number of phosphoric ester groups is 1. The minimum atomic E-state index is -5.13. The first-order valence-corrected chi connectivity index (χ1v) is 19.7. The highest BCUT2D eigenvalue weighted by molar-refractivity contribution is 8.07. The Morgan fingerprint density at radius 3 is 2.26 bits per heavy atom. The number of aliphatic hydroxyl groups is 1. The van der Waals surface area contributed by atoms with Crippen molar-refractivity contribution in [2.24, 2.45) is 0 Å². The number of aromatic nitrogens is 7. The van der Waals surface area contributed by atoms with E-state index in [9.17, 15) is 28.6 Å². The molecule has 0 aliphatic carbocycles. The standard InChI is InChI=1S/C21H22F2N8O11P2S.2C3H9N/c22-7-1-30(17-10(7)19(33)28-5-26-17)21-15-13(32)8(39-21)2-37-43(34,35)41-14-9(3-38-44(36,45)42-15)40-20(11(14)23)31-6-29-12-16(24)25-4-27-18(12)31;2*1-4(2)3/h1,4-6,8-9,11,13-15,20-21,32H,2-3H2,(H,34,35)(H,36,45)(H2,24,25,27)(H,26,28,33);2*1-3H3/t8-,9-,11-,13-,14-,15-,20-,21-,44?;;/m1../s1. The van der Waals surface area contributed by atoms with E-state index in [1.165, 1.54) is 10.9 Å². The highest BCUT2D eigenvalue weighted by Gasteiger charge is 2.54. The van der Waals surface area contributed by atoms with Crippen molar-refractivity contribution < 1.29 is 55.8 Å². The summed E-state index contributed by atoms with van der Waals surface area (Å²) < 4.78 is 78.7. The van der Waals surface area contributed by atoms with Gasteiger partial charge in [0.25, 0.3) is 5.56 Å². The Kier molecular flexibility index (Phi) is 12.8. The lowest BCUT2D eigenvalue weighted by molar-refractivity contribution is -0.0634. The highest BCUT2D eigenvalue weighted by atomic mass is 32.5. The number of fused-ring (bicyclic) bond motifs is 5. The number of alkyl halides is 1. The third kappa shape index (κ3) is 9.31. The van der Waals surface area contributed by atoms with Gasteiger partial charge in [0.15, 0.2) is 41.6 Å². The molecule has 0 aromatic carbocycles. The van der Waals surface area contributed by atoms with Crippen molar-refractivity contribution in [3.8, 4) is 0 Å². The van der Waals surface area contributed by atoms with E-state index in [2.05, 4.69) is 24.9 Å². The summed E-state index contributed by atoms with van der Waals surface area (Å²) in [6.07, 6.45) is -9.18. The topological polar surface area (TPSA) is 260 Å². The maximum atomic E-state index is 15.9. The van der Waals surface area contributed by atoms with E-state index in [0.717, 1.165) is 23.4 Å². The number of hydrogen-bond donors (Lipinski definition) is 5. The van der Waals surface area contributed by atoms with Crippen molar-refractivity contribution >= 4 is 54.4 Å². The molecule has 7 rings (SSSR count). The van der Waals surface area contributed by atoms with E-state index in [0.29, 0.717) is 0 Å². The predicted molar refractivity (Wildman–Crippen MR) is 186 cm³/mol. The Balaban J connectivity index is 0.000000617. The van der Waals surface area contributed by atoms with Gasteiger partial charge < -0.3 is 54.0 Å². The van der Waals surface area contributed by atoms with Gasteiger partial charge in [0.05, 0.1) is 25.9 Å². The molecule has 0 radical (unpaired) electrons. The van der Waals surface area contributed by atoms with Crippen molar-refractivity contribution in [3.05, 3.63) is 41.3 Å². The molecule has 0 saturated carbocycles.